The first-order valence-corrected chi connectivity index (χ1v) is 6.84. The Morgan fingerprint density at radius 3 is 2.88 bits per heavy atom. The average Bonchev–Trinajstić information content (AvgIpc) is 3.01. The molecule has 1 aromatic rings. The van der Waals surface area contributed by atoms with Gasteiger partial charge in [-0.2, -0.15) is 0 Å². The van der Waals surface area contributed by atoms with Crippen molar-refractivity contribution in [2.45, 2.75) is 18.9 Å². The first-order valence-electron chi connectivity index (χ1n) is 5.96. The van der Waals surface area contributed by atoms with Crippen LogP contribution in [-0.2, 0) is 4.79 Å². The minimum absolute atomic E-state index is 0.257. The Morgan fingerprint density at radius 1 is 1.53 bits per heavy atom. The summed E-state index contributed by atoms with van der Waals surface area (Å²) in [6.07, 6.45) is 2.46. The van der Waals surface area contributed by atoms with E-state index in [1.165, 1.54) is 17.7 Å². The van der Waals surface area contributed by atoms with Crippen molar-refractivity contribution in [1.29, 1.82) is 0 Å². The van der Waals surface area contributed by atoms with Crippen molar-refractivity contribution in [3.05, 3.63) is 22.4 Å². The van der Waals surface area contributed by atoms with Crippen LogP contribution in [0, 0.1) is 0 Å². The lowest BCUT2D eigenvalue weighted by Crippen LogP contribution is -2.37. The summed E-state index contributed by atoms with van der Waals surface area (Å²) in [7, 11) is 0. The van der Waals surface area contributed by atoms with E-state index < -0.39 is 6.61 Å². The number of likely N-dealkylation sites (tertiary alicyclic amines) is 1. The summed E-state index contributed by atoms with van der Waals surface area (Å²) in [4.78, 5) is 14.8. The molecular weight excluding hydrogens is 236 g/mol. The molecule has 2 rings (SSSR count). The molecule has 2 N–H and O–H groups in total. The summed E-state index contributed by atoms with van der Waals surface area (Å²) in [6, 6.07) is 4.41. The van der Waals surface area contributed by atoms with Crippen LogP contribution in [0.4, 0.5) is 0 Å². The van der Waals surface area contributed by atoms with Gasteiger partial charge in [0.1, 0.15) is 6.61 Å². The number of hydrogen-bond acceptors (Lipinski definition) is 4. The molecule has 1 aliphatic rings. The van der Waals surface area contributed by atoms with Gasteiger partial charge in [0.15, 0.2) is 0 Å². The maximum Gasteiger partial charge on any atom is 0.245 e. The van der Waals surface area contributed by atoms with Gasteiger partial charge < -0.3 is 10.4 Å². The van der Waals surface area contributed by atoms with E-state index in [2.05, 4.69) is 21.7 Å². The molecule has 0 radical (unpaired) electrons. The van der Waals surface area contributed by atoms with Crippen molar-refractivity contribution in [2.24, 2.45) is 0 Å². The van der Waals surface area contributed by atoms with Gasteiger partial charge in [0.25, 0.3) is 0 Å². The van der Waals surface area contributed by atoms with Crippen LogP contribution < -0.4 is 5.32 Å². The lowest BCUT2D eigenvalue weighted by Gasteiger charge is -2.26. The van der Waals surface area contributed by atoms with Crippen molar-refractivity contribution in [3.63, 3.8) is 0 Å². The monoisotopic (exact) mass is 254 g/mol. The zero-order valence-electron chi connectivity index (χ0n) is 9.76. The van der Waals surface area contributed by atoms with E-state index in [-0.39, 0.29) is 11.9 Å². The van der Waals surface area contributed by atoms with E-state index >= 15 is 0 Å². The highest BCUT2D eigenvalue weighted by atomic mass is 32.1. The number of carbonyl (C=O) groups is 1. The minimum Gasteiger partial charge on any atom is -0.387 e. The molecule has 2 heterocycles. The predicted molar refractivity (Wildman–Crippen MR) is 68.0 cm³/mol. The van der Waals surface area contributed by atoms with Crippen LogP contribution in [-0.4, -0.2) is 42.2 Å². The lowest BCUT2D eigenvalue weighted by molar-refractivity contribution is -0.124. The van der Waals surface area contributed by atoms with Crippen LogP contribution in [0.15, 0.2) is 17.5 Å². The van der Waals surface area contributed by atoms with Gasteiger partial charge in [-0.25, -0.2) is 0 Å². The molecular formula is C12H18N2O2S. The highest BCUT2D eigenvalue weighted by Gasteiger charge is 2.24. The molecule has 0 saturated carbocycles. The molecule has 1 atom stereocenters. The lowest BCUT2D eigenvalue weighted by atomic mass is 10.2. The van der Waals surface area contributed by atoms with Gasteiger partial charge in [-0.15, -0.1) is 11.3 Å². The largest absolute Gasteiger partial charge is 0.387 e. The molecule has 17 heavy (non-hydrogen) atoms. The molecule has 1 fully saturated rings. The summed E-state index contributed by atoms with van der Waals surface area (Å²) in [5, 5.41) is 13.6. The van der Waals surface area contributed by atoms with Crippen molar-refractivity contribution in [3.8, 4) is 0 Å². The number of rotatable bonds is 5. The summed E-state index contributed by atoms with van der Waals surface area (Å²) < 4.78 is 0. The van der Waals surface area contributed by atoms with E-state index in [1.807, 2.05) is 6.07 Å². The van der Waals surface area contributed by atoms with Crippen molar-refractivity contribution < 1.29 is 9.90 Å². The first-order chi connectivity index (χ1) is 8.31. The number of thiophene rings is 1. The second-order valence-electron chi connectivity index (χ2n) is 4.24. The summed E-state index contributed by atoms with van der Waals surface area (Å²) in [5.41, 5.74) is 0. The number of hydrogen-bond donors (Lipinski definition) is 2. The van der Waals surface area contributed by atoms with Gasteiger partial charge in [-0.3, -0.25) is 9.69 Å². The summed E-state index contributed by atoms with van der Waals surface area (Å²) >= 11 is 1.72. The number of nitrogens with zero attached hydrogens (tertiary/aromatic N) is 1. The van der Waals surface area contributed by atoms with Crippen molar-refractivity contribution >= 4 is 17.2 Å². The quantitative estimate of drug-likeness (QED) is 0.824. The highest BCUT2D eigenvalue weighted by molar-refractivity contribution is 7.10. The Morgan fingerprint density at radius 2 is 2.29 bits per heavy atom. The van der Waals surface area contributed by atoms with Gasteiger partial charge in [0, 0.05) is 11.4 Å². The normalized spacial score (nSPS) is 18.2. The standard InChI is InChI=1S/C12H18N2O2S/c15-9-12(16)13-8-10(11-4-3-7-17-11)14-5-1-2-6-14/h3-4,7,10,15H,1-2,5-6,8-9H2,(H,13,16). The van der Waals surface area contributed by atoms with Crippen LogP contribution in [0.5, 0.6) is 0 Å². The van der Waals surface area contributed by atoms with E-state index in [9.17, 15) is 4.79 Å². The second-order valence-corrected chi connectivity index (χ2v) is 5.22. The molecule has 1 amide bonds. The Bertz CT molecular complexity index is 347. The van der Waals surface area contributed by atoms with Gasteiger partial charge >= 0.3 is 0 Å². The predicted octanol–water partition coefficient (Wildman–Crippen LogP) is 0.993. The fraction of sp³-hybridized carbons (Fsp3) is 0.583. The molecule has 1 aromatic heterocycles. The molecule has 1 aliphatic heterocycles. The third-order valence-corrected chi connectivity index (χ3v) is 4.06. The van der Waals surface area contributed by atoms with Crippen LogP contribution in [0.1, 0.15) is 23.8 Å². The van der Waals surface area contributed by atoms with Crippen LogP contribution in [0.2, 0.25) is 0 Å². The molecule has 0 aliphatic carbocycles. The zero-order valence-corrected chi connectivity index (χ0v) is 10.6. The second kappa shape index (κ2) is 6.14. The van der Waals surface area contributed by atoms with Crippen molar-refractivity contribution in [1.82, 2.24) is 10.2 Å². The molecule has 1 unspecified atom stereocenters. The Kier molecular flexibility index (Phi) is 4.53. The molecule has 4 nitrogen and oxygen atoms in total. The number of aliphatic hydroxyl groups is 1. The van der Waals surface area contributed by atoms with Gasteiger partial charge in [0.2, 0.25) is 5.91 Å². The maximum absolute atomic E-state index is 11.1. The van der Waals surface area contributed by atoms with Crippen LogP contribution in [0.3, 0.4) is 0 Å². The Labute approximate surface area is 105 Å². The third-order valence-electron chi connectivity index (χ3n) is 3.09. The maximum atomic E-state index is 11.1. The number of nitrogens with one attached hydrogen (secondary N) is 1. The number of aliphatic hydroxyl groups excluding tert-OH is 1. The third kappa shape index (κ3) is 3.28. The molecule has 94 valence electrons. The summed E-state index contributed by atoms with van der Waals surface area (Å²) in [5.74, 6) is -0.300. The first kappa shape index (κ1) is 12.5. The molecule has 5 heteroatoms. The van der Waals surface area contributed by atoms with Crippen LogP contribution >= 0.6 is 11.3 Å². The highest BCUT2D eigenvalue weighted by Crippen LogP contribution is 2.27. The Hall–Kier alpha value is -0.910. The number of amides is 1. The topological polar surface area (TPSA) is 52.6 Å². The van der Waals surface area contributed by atoms with E-state index in [1.54, 1.807) is 11.3 Å². The van der Waals surface area contributed by atoms with E-state index in [0.717, 1.165) is 13.1 Å². The van der Waals surface area contributed by atoms with Crippen molar-refractivity contribution in [2.75, 3.05) is 26.2 Å². The fourth-order valence-electron chi connectivity index (χ4n) is 2.21. The fourth-order valence-corrected chi connectivity index (χ4v) is 3.07. The van der Waals surface area contributed by atoms with E-state index in [4.69, 9.17) is 5.11 Å². The molecule has 1 saturated heterocycles. The Balaban J connectivity index is 1.99. The number of carbonyl (C=O) groups excluding carboxylic acids is 1. The zero-order chi connectivity index (χ0) is 12.1. The smallest absolute Gasteiger partial charge is 0.245 e. The average molecular weight is 254 g/mol. The van der Waals surface area contributed by atoms with Gasteiger partial charge in [-0.05, 0) is 37.4 Å². The van der Waals surface area contributed by atoms with E-state index in [0.29, 0.717) is 6.54 Å². The minimum atomic E-state index is -0.433. The van der Waals surface area contributed by atoms with Crippen LogP contribution in [0.25, 0.3) is 0 Å². The molecule has 0 aromatic carbocycles. The molecule has 0 spiro atoms. The van der Waals surface area contributed by atoms with Gasteiger partial charge in [-0.1, -0.05) is 6.07 Å². The SMILES string of the molecule is O=C(CO)NCC(c1cccs1)N1CCCC1. The molecule has 0 bridgehead atoms. The van der Waals surface area contributed by atoms with Gasteiger partial charge in [0.05, 0.1) is 6.04 Å². The summed E-state index contributed by atoms with van der Waals surface area (Å²) in [6.45, 7) is 2.34.